The highest BCUT2D eigenvalue weighted by Gasteiger charge is 2.23. The zero-order valence-corrected chi connectivity index (χ0v) is 11.9. The Balaban J connectivity index is 1.86. The topological polar surface area (TPSA) is 24.9 Å². The van der Waals surface area contributed by atoms with Gasteiger partial charge in [-0.2, -0.15) is 0 Å². The molecule has 2 nitrogen and oxygen atoms in total. The highest BCUT2D eigenvalue weighted by Crippen LogP contribution is 2.34. The highest BCUT2D eigenvalue weighted by atomic mass is 79.9. The maximum Gasteiger partial charge on any atom is 0.0691 e. The molecule has 1 aromatic heterocycles. The third-order valence-electron chi connectivity index (χ3n) is 3.41. The van der Waals surface area contributed by atoms with Gasteiger partial charge in [-0.05, 0) is 65.0 Å². The number of fused-ring (bicyclic) bond motifs is 1. The van der Waals surface area contributed by atoms with E-state index >= 15 is 0 Å². The smallest absolute Gasteiger partial charge is 0.0691 e. The molecule has 1 unspecified atom stereocenters. The van der Waals surface area contributed by atoms with Crippen LogP contribution < -0.4 is 5.32 Å². The molecule has 3 heteroatoms. The molecule has 0 fully saturated rings. The second-order valence-corrected chi connectivity index (χ2v) is 5.62. The Morgan fingerprint density at radius 1 is 1.33 bits per heavy atom. The molecule has 2 aromatic rings. The lowest BCUT2D eigenvalue weighted by molar-refractivity contribution is 0.745. The Labute approximate surface area is 116 Å². The number of pyridine rings is 1. The van der Waals surface area contributed by atoms with E-state index in [1.54, 1.807) is 0 Å². The lowest BCUT2D eigenvalue weighted by atomic mass is 10.2. The number of nitrogens with zero attached hydrogens (tertiary/aromatic N) is 1. The van der Waals surface area contributed by atoms with Crippen LogP contribution in [0.2, 0.25) is 0 Å². The number of aromatic nitrogens is 1. The van der Waals surface area contributed by atoms with Gasteiger partial charge < -0.3 is 5.32 Å². The zero-order valence-electron chi connectivity index (χ0n) is 10.3. The Morgan fingerprint density at radius 3 is 3.06 bits per heavy atom. The third-order valence-corrected chi connectivity index (χ3v) is 4.07. The molecule has 1 aliphatic rings. The summed E-state index contributed by atoms with van der Waals surface area (Å²) in [7, 11) is 0. The number of hydrogen-bond donors (Lipinski definition) is 1. The van der Waals surface area contributed by atoms with E-state index in [1.165, 1.54) is 16.8 Å². The molecule has 0 spiro atoms. The van der Waals surface area contributed by atoms with Crippen LogP contribution in [-0.2, 0) is 6.42 Å². The molecule has 3 rings (SSSR count). The molecule has 1 atom stereocenters. The molecular weight excluding hydrogens is 288 g/mol. The predicted molar refractivity (Wildman–Crippen MR) is 77.8 cm³/mol. The van der Waals surface area contributed by atoms with E-state index in [0.717, 1.165) is 23.0 Å². The maximum absolute atomic E-state index is 4.51. The van der Waals surface area contributed by atoms with Gasteiger partial charge in [0.25, 0.3) is 0 Å². The number of aryl methyl sites for hydroxylation is 2. The van der Waals surface area contributed by atoms with Gasteiger partial charge in [0.1, 0.15) is 0 Å². The number of halogens is 1. The van der Waals surface area contributed by atoms with Gasteiger partial charge in [-0.3, -0.25) is 4.98 Å². The average Bonchev–Trinajstić information content (AvgIpc) is 2.76. The minimum atomic E-state index is 0.334. The van der Waals surface area contributed by atoms with E-state index in [0.29, 0.717) is 6.04 Å². The first-order chi connectivity index (χ1) is 8.74. The van der Waals surface area contributed by atoms with Gasteiger partial charge in [0.05, 0.1) is 11.7 Å². The fourth-order valence-corrected chi connectivity index (χ4v) is 3.09. The summed E-state index contributed by atoms with van der Waals surface area (Å²) in [6, 6.07) is 10.9. The van der Waals surface area contributed by atoms with Gasteiger partial charge in [0, 0.05) is 16.4 Å². The molecule has 0 saturated carbocycles. The van der Waals surface area contributed by atoms with E-state index in [4.69, 9.17) is 0 Å². The lowest BCUT2D eigenvalue weighted by Crippen LogP contribution is -2.09. The minimum absolute atomic E-state index is 0.334. The number of hydrogen-bond acceptors (Lipinski definition) is 2. The fraction of sp³-hybridized carbons (Fsp3) is 0.267. The van der Waals surface area contributed by atoms with Crippen LogP contribution >= 0.6 is 15.9 Å². The maximum atomic E-state index is 4.51. The van der Waals surface area contributed by atoms with Crippen molar-refractivity contribution in [3.05, 3.63) is 57.8 Å². The number of benzene rings is 1. The number of anilines is 1. The van der Waals surface area contributed by atoms with Crippen molar-refractivity contribution in [2.24, 2.45) is 0 Å². The summed E-state index contributed by atoms with van der Waals surface area (Å²) in [4.78, 5) is 4.51. The highest BCUT2D eigenvalue weighted by molar-refractivity contribution is 9.10. The molecule has 1 aromatic carbocycles. The zero-order chi connectivity index (χ0) is 12.5. The standard InChI is InChI=1S/C15H15BrN2/c1-10-4-6-13(12(16)9-10)18-14-7-5-11-3-2-8-17-15(11)14/h2-4,6,8-9,14,18H,5,7H2,1H3. The monoisotopic (exact) mass is 302 g/mol. The lowest BCUT2D eigenvalue weighted by Gasteiger charge is -2.16. The van der Waals surface area contributed by atoms with Crippen molar-refractivity contribution in [3.8, 4) is 0 Å². The van der Waals surface area contributed by atoms with Crippen LogP contribution in [0.3, 0.4) is 0 Å². The summed E-state index contributed by atoms with van der Waals surface area (Å²) in [6.45, 7) is 2.10. The van der Waals surface area contributed by atoms with Crippen molar-refractivity contribution >= 4 is 21.6 Å². The van der Waals surface area contributed by atoms with Crippen LogP contribution in [0.25, 0.3) is 0 Å². The summed E-state index contributed by atoms with van der Waals surface area (Å²) in [6.07, 6.45) is 4.11. The average molecular weight is 303 g/mol. The van der Waals surface area contributed by atoms with E-state index in [1.807, 2.05) is 12.3 Å². The Morgan fingerprint density at radius 2 is 2.22 bits per heavy atom. The first-order valence-electron chi connectivity index (χ1n) is 6.20. The minimum Gasteiger partial charge on any atom is -0.376 e. The van der Waals surface area contributed by atoms with Crippen LogP contribution in [0.1, 0.15) is 29.3 Å². The normalized spacial score (nSPS) is 17.6. The summed E-state index contributed by atoms with van der Waals surface area (Å²) in [5.74, 6) is 0. The Hall–Kier alpha value is -1.35. The summed E-state index contributed by atoms with van der Waals surface area (Å²) >= 11 is 3.61. The fourth-order valence-electron chi connectivity index (χ4n) is 2.48. The van der Waals surface area contributed by atoms with Gasteiger partial charge in [-0.25, -0.2) is 0 Å². The largest absolute Gasteiger partial charge is 0.376 e. The van der Waals surface area contributed by atoms with Gasteiger partial charge in [0.15, 0.2) is 0 Å². The SMILES string of the molecule is Cc1ccc(NC2CCc3cccnc32)c(Br)c1. The van der Waals surface area contributed by atoms with Gasteiger partial charge >= 0.3 is 0 Å². The first kappa shape index (κ1) is 11.7. The van der Waals surface area contributed by atoms with Crippen LogP contribution in [0.15, 0.2) is 41.0 Å². The quantitative estimate of drug-likeness (QED) is 0.897. The molecule has 0 aliphatic heterocycles. The third kappa shape index (κ3) is 2.15. The Kier molecular flexibility index (Phi) is 3.08. The molecule has 1 N–H and O–H groups in total. The van der Waals surface area contributed by atoms with Crippen LogP contribution in [0.5, 0.6) is 0 Å². The molecule has 0 radical (unpaired) electrons. The van der Waals surface area contributed by atoms with Crippen LogP contribution in [0, 0.1) is 6.92 Å². The molecule has 1 aliphatic carbocycles. The second kappa shape index (κ2) is 4.73. The van der Waals surface area contributed by atoms with Crippen molar-refractivity contribution in [2.45, 2.75) is 25.8 Å². The molecular formula is C15H15BrN2. The van der Waals surface area contributed by atoms with Crippen LogP contribution in [0.4, 0.5) is 5.69 Å². The molecule has 18 heavy (non-hydrogen) atoms. The molecule has 0 saturated heterocycles. The molecule has 0 bridgehead atoms. The predicted octanol–water partition coefficient (Wildman–Crippen LogP) is 4.25. The van der Waals surface area contributed by atoms with E-state index < -0.39 is 0 Å². The van der Waals surface area contributed by atoms with Crippen molar-refractivity contribution < 1.29 is 0 Å². The summed E-state index contributed by atoms with van der Waals surface area (Å²) in [5, 5.41) is 3.58. The Bertz CT molecular complexity index is 580. The second-order valence-electron chi connectivity index (χ2n) is 4.77. The number of rotatable bonds is 2. The van der Waals surface area contributed by atoms with E-state index in [9.17, 15) is 0 Å². The van der Waals surface area contributed by atoms with Gasteiger partial charge in [0.2, 0.25) is 0 Å². The first-order valence-corrected chi connectivity index (χ1v) is 7.00. The molecule has 1 heterocycles. The van der Waals surface area contributed by atoms with Gasteiger partial charge in [-0.1, -0.05) is 12.1 Å². The van der Waals surface area contributed by atoms with Crippen molar-refractivity contribution in [1.29, 1.82) is 0 Å². The molecule has 0 amide bonds. The summed E-state index contributed by atoms with van der Waals surface area (Å²) in [5.41, 5.74) is 4.98. The van der Waals surface area contributed by atoms with E-state index in [-0.39, 0.29) is 0 Å². The molecule has 92 valence electrons. The van der Waals surface area contributed by atoms with Crippen molar-refractivity contribution in [1.82, 2.24) is 4.98 Å². The van der Waals surface area contributed by atoms with Crippen molar-refractivity contribution in [3.63, 3.8) is 0 Å². The van der Waals surface area contributed by atoms with Crippen LogP contribution in [-0.4, -0.2) is 4.98 Å². The van der Waals surface area contributed by atoms with Crippen molar-refractivity contribution in [2.75, 3.05) is 5.32 Å². The summed E-state index contributed by atoms with van der Waals surface area (Å²) < 4.78 is 1.12. The van der Waals surface area contributed by atoms with E-state index in [2.05, 4.69) is 57.4 Å². The van der Waals surface area contributed by atoms with Gasteiger partial charge in [-0.15, -0.1) is 0 Å². The number of nitrogens with one attached hydrogen (secondary N) is 1.